The molecule has 0 radical (unpaired) electrons. The van der Waals surface area contributed by atoms with Gasteiger partial charge in [0.2, 0.25) is 0 Å². The summed E-state index contributed by atoms with van der Waals surface area (Å²) < 4.78 is 13.3. The van der Waals surface area contributed by atoms with Gasteiger partial charge in [0.1, 0.15) is 17.0 Å². The molecule has 0 saturated carbocycles. The van der Waals surface area contributed by atoms with Gasteiger partial charge in [0.25, 0.3) is 0 Å². The number of carboxylic acids is 1. The molecule has 1 unspecified atom stereocenters. The van der Waals surface area contributed by atoms with Crippen molar-refractivity contribution in [3.63, 3.8) is 0 Å². The summed E-state index contributed by atoms with van der Waals surface area (Å²) in [7, 11) is 0. The van der Waals surface area contributed by atoms with E-state index in [0.717, 1.165) is 25.0 Å². The summed E-state index contributed by atoms with van der Waals surface area (Å²) in [5, 5.41) is 15.0. The Labute approximate surface area is 179 Å². The number of morpholine rings is 1. The van der Waals surface area contributed by atoms with Crippen LogP contribution in [0.2, 0.25) is 0 Å². The molecule has 2 aliphatic rings. The van der Waals surface area contributed by atoms with Crippen LogP contribution < -0.4 is 4.90 Å². The molecule has 0 spiro atoms. The van der Waals surface area contributed by atoms with E-state index in [-0.39, 0.29) is 17.8 Å². The molecule has 3 aromatic rings. The lowest BCUT2D eigenvalue weighted by molar-refractivity contribution is -0.0383. The summed E-state index contributed by atoms with van der Waals surface area (Å²) in [6.07, 6.45) is 6.19. The van der Waals surface area contributed by atoms with E-state index in [1.165, 1.54) is 0 Å². The van der Waals surface area contributed by atoms with Gasteiger partial charge >= 0.3 is 5.97 Å². The number of pyridine rings is 2. The minimum Gasteiger partial charge on any atom is -0.478 e. The molecule has 5 heterocycles. The molecule has 2 atom stereocenters. The lowest BCUT2D eigenvalue weighted by Gasteiger charge is -2.34. The minimum absolute atomic E-state index is 0.0987. The van der Waals surface area contributed by atoms with Crippen LogP contribution in [0.15, 0.2) is 30.6 Å². The zero-order chi connectivity index (χ0) is 21.4. The van der Waals surface area contributed by atoms with Gasteiger partial charge in [-0.15, -0.1) is 0 Å². The molecule has 0 amide bonds. The smallest absolute Gasteiger partial charge is 0.336 e. The summed E-state index contributed by atoms with van der Waals surface area (Å²) in [5.74, 6) is -0.370. The van der Waals surface area contributed by atoms with Crippen LogP contribution in [0, 0.1) is 0 Å². The molecule has 0 aliphatic carbocycles. The zero-order valence-corrected chi connectivity index (χ0v) is 17.4. The van der Waals surface area contributed by atoms with Crippen LogP contribution in [-0.4, -0.2) is 63.2 Å². The van der Waals surface area contributed by atoms with Crippen molar-refractivity contribution in [3.05, 3.63) is 36.2 Å². The number of fused-ring (bicyclic) bond motifs is 1. The molecule has 162 valence electrons. The fourth-order valence-electron chi connectivity index (χ4n) is 4.37. The molecule has 0 bridgehead atoms. The third-order valence-electron chi connectivity index (χ3n) is 5.95. The van der Waals surface area contributed by atoms with Crippen molar-refractivity contribution in [2.75, 3.05) is 31.3 Å². The van der Waals surface area contributed by atoms with Gasteiger partial charge in [-0.1, -0.05) is 0 Å². The lowest BCUT2D eigenvalue weighted by atomic mass is 10.1. The van der Waals surface area contributed by atoms with Gasteiger partial charge in [-0.05, 0) is 44.4 Å². The Morgan fingerprint density at radius 2 is 2.13 bits per heavy atom. The SMILES string of the molecule is C[C@@H]1COCCN1c1cc(C(=O)O)c2ccnc(-c3ccnn3C3CCCCO3)c2n1. The van der Waals surface area contributed by atoms with Crippen molar-refractivity contribution in [1.29, 1.82) is 0 Å². The highest BCUT2D eigenvalue weighted by Gasteiger charge is 2.26. The number of aromatic carboxylic acids is 1. The Balaban J connectivity index is 1.68. The molecule has 9 nitrogen and oxygen atoms in total. The van der Waals surface area contributed by atoms with Crippen molar-refractivity contribution in [1.82, 2.24) is 19.7 Å². The van der Waals surface area contributed by atoms with E-state index in [4.69, 9.17) is 14.5 Å². The predicted molar refractivity (Wildman–Crippen MR) is 114 cm³/mol. The third-order valence-corrected chi connectivity index (χ3v) is 5.95. The summed E-state index contributed by atoms with van der Waals surface area (Å²) in [6.45, 7) is 4.56. The normalized spacial score (nSPS) is 22.0. The highest BCUT2D eigenvalue weighted by molar-refractivity contribution is 6.06. The van der Waals surface area contributed by atoms with Gasteiger partial charge in [0.05, 0.1) is 30.5 Å². The highest BCUT2D eigenvalue weighted by Crippen LogP contribution is 2.33. The largest absolute Gasteiger partial charge is 0.478 e. The van der Waals surface area contributed by atoms with E-state index >= 15 is 0 Å². The van der Waals surface area contributed by atoms with E-state index in [9.17, 15) is 9.90 Å². The molecular weight excluding hydrogens is 398 g/mol. The average molecular weight is 423 g/mol. The quantitative estimate of drug-likeness (QED) is 0.683. The zero-order valence-electron chi connectivity index (χ0n) is 17.4. The van der Waals surface area contributed by atoms with Crippen LogP contribution >= 0.6 is 0 Å². The second-order valence-corrected chi connectivity index (χ2v) is 7.99. The van der Waals surface area contributed by atoms with Crippen LogP contribution in [0.3, 0.4) is 0 Å². The monoisotopic (exact) mass is 423 g/mol. The number of hydrogen-bond acceptors (Lipinski definition) is 7. The van der Waals surface area contributed by atoms with E-state index in [1.807, 2.05) is 17.7 Å². The molecular formula is C22H25N5O4. The van der Waals surface area contributed by atoms with Crippen LogP contribution in [0.25, 0.3) is 22.3 Å². The van der Waals surface area contributed by atoms with Crippen molar-refractivity contribution in [2.45, 2.75) is 38.5 Å². The van der Waals surface area contributed by atoms with E-state index in [0.29, 0.717) is 48.8 Å². The minimum atomic E-state index is -0.990. The lowest BCUT2D eigenvalue weighted by Crippen LogP contribution is -2.44. The fraction of sp³-hybridized carbons (Fsp3) is 0.455. The van der Waals surface area contributed by atoms with Crippen LogP contribution in [0.5, 0.6) is 0 Å². The summed E-state index contributed by atoms with van der Waals surface area (Å²) in [4.78, 5) is 23.7. The first-order valence-electron chi connectivity index (χ1n) is 10.7. The van der Waals surface area contributed by atoms with E-state index < -0.39 is 5.97 Å². The van der Waals surface area contributed by atoms with Crippen molar-refractivity contribution < 1.29 is 19.4 Å². The standard InChI is InChI=1S/C22H25N5O4/c1-14-13-30-11-9-26(14)18-12-16(22(28)29)15-5-7-23-21(20(15)25-18)17-6-8-24-27(17)19-4-2-3-10-31-19/h5-8,12,14,19H,2-4,9-11,13H2,1H3,(H,28,29)/t14-,19?/m1/s1. The number of carboxylic acid groups (broad SMARTS) is 1. The molecule has 1 N–H and O–H groups in total. The summed E-state index contributed by atoms with van der Waals surface area (Å²) in [6, 6.07) is 5.34. The Morgan fingerprint density at radius 1 is 1.23 bits per heavy atom. The number of carbonyl (C=O) groups is 1. The number of ether oxygens (including phenoxy) is 2. The molecule has 0 aromatic carbocycles. The van der Waals surface area contributed by atoms with Crippen LogP contribution in [-0.2, 0) is 9.47 Å². The highest BCUT2D eigenvalue weighted by atomic mass is 16.5. The second kappa shape index (κ2) is 8.24. The van der Waals surface area contributed by atoms with Crippen LogP contribution in [0.1, 0.15) is 42.8 Å². The Morgan fingerprint density at radius 3 is 2.90 bits per heavy atom. The first kappa shape index (κ1) is 19.9. The maximum absolute atomic E-state index is 12.1. The maximum Gasteiger partial charge on any atom is 0.336 e. The third kappa shape index (κ3) is 3.64. The second-order valence-electron chi connectivity index (χ2n) is 7.99. The van der Waals surface area contributed by atoms with Crippen LogP contribution in [0.4, 0.5) is 5.82 Å². The van der Waals surface area contributed by atoms with Gasteiger partial charge in [-0.3, -0.25) is 4.98 Å². The number of hydrogen-bond donors (Lipinski definition) is 1. The number of aromatic nitrogens is 4. The number of nitrogens with zero attached hydrogens (tertiary/aromatic N) is 5. The van der Waals surface area contributed by atoms with Gasteiger partial charge < -0.3 is 19.5 Å². The Bertz CT molecular complexity index is 1110. The fourth-order valence-corrected chi connectivity index (χ4v) is 4.37. The molecule has 2 fully saturated rings. The van der Waals surface area contributed by atoms with Gasteiger partial charge in [0, 0.05) is 30.9 Å². The van der Waals surface area contributed by atoms with Gasteiger partial charge in [-0.2, -0.15) is 5.10 Å². The molecule has 2 saturated heterocycles. The topological polar surface area (TPSA) is 103 Å². The molecule has 31 heavy (non-hydrogen) atoms. The first-order valence-corrected chi connectivity index (χ1v) is 10.7. The van der Waals surface area contributed by atoms with Crippen molar-refractivity contribution in [2.24, 2.45) is 0 Å². The van der Waals surface area contributed by atoms with E-state index in [2.05, 4.69) is 15.0 Å². The van der Waals surface area contributed by atoms with E-state index in [1.54, 1.807) is 24.5 Å². The van der Waals surface area contributed by atoms with Gasteiger partial charge in [0.15, 0.2) is 6.23 Å². The Kier molecular flexibility index (Phi) is 5.29. The average Bonchev–Trinajstić information content (AvgIpc) is 3.28. The summed E-state index contributed by atoms with van der Waals surface area (Å²) in [5.41, 5.74) is 2.14. The van der Waals surface area contributed by atoms with Gasteiger partial charge in [-0.25, -0.2) is 14.5 Å². The maximum atomic E-state index is 12.1. The summed E-state index contributed by atoms with van der Waals surface area (Å²) >= 11 is 0. The van der Waals surface area contributed by atoms with Crippen molar-refractivity contribution >= 4 is 22.7 Å². The predicted octanol–water partition coefficient (Wildman–Crippen LogP) is 3.12. The Hall–Kier alpha value is -3.04. The molecule has 9 heteroatoms. The molecule has 3 aromatic heterocycles. The van der Waals surface area contributed by atoms with Crippen molar-refractivity contribution in [3.8, 4) is 11.4 Å². The number of rotatable bonds is 4. The first-order chi connectivity index (χ1) is 15.1. The molecule has 5 rings (SSSR count). The number of anilines is 1. The molecule has 2 aliphatic heterocycles.